The molecule has 0 aliphatic carbocycles. The molecule has 2 nitrogen and oxygen atoms in total. The highest BCUT2D eigenvalue weighted by molar-refractivity contribution is 7.99. The van der Waals surface area contributed by atoms with Gasteiger partial charge in [-0.05, 0) is 35.7 Å². The molecule has 2 rings (SSSR count). The van der Waals surface area contributed by atoms with Crippen LogP contribution in [0.2, 0.25) is 0 Å². The summed E-state index contributed by atoms with van der Waals surface area (Å²) in [7, 11) is 0. The van der Waals surface area contributed by atoms with Crippen LogP contribution in [0.5, 0.6) is 0 Å². The molecule has 2 N–H and O–H groups in total. The molecule has 1 unspecified atom stereocenters. The fourth-order valence-corrected chi connectivity index (χ4v) is 3.21. The Morgan fingerprint density at radius 1 is 0.955 bits per heavy atom. The van der Waals surface area contributed by atoms with E-state index in [2.05, 4.69) is 56.4 Å². The smallest absolute Gasteiger partial charge is 0.0685 e. The minimum absolute atomic E-state index is 0.0906. The van der Waals surface area contributed by atoms with Gasteiger partial charge >= 0.3 is 0 Å². The molecule has 0 spiro atoms. The number of aliphatic hydroxyl groups is 1. The van der Waals surface area contributed by atoms with Gasteiger partial charge < -0.3 is 10.4 Å². The van der Waals surface area contributed by atoms with Gasteiger partial charge in [0, 0.05) is 22.7 Å². The fraction of sp³-hybridized carbons (Fsp3) is 0.368. The van der Waals surface area contributed by atoms with Crippen molar-refractivity contribution in [1.82, 2.24) is 5.32 Å². The van der Waals surface area contributed by atoms with E-state index in [0.717, 1.165) is 17.7 Å². The zero-order chi connectivity index (χ0) is 15.9. The molecule has 0 aliphatic rings. The third kappa shape index (κ3) is 4.87. The maximum atomic E-state index is 9.37. The molecule has 0 amide bonds. The van der Waals surface area contributed by atoms with Crippen molar-refractivity contribution in [3.05, 3.63) is 65.2 Å². The Kier molecular flexibility index (Phi) is 6.49. The van der Waals surface area contributed by atoms with Crippen LogP contribution in [0.15, 0.2) is 53.4 Å². The average molecular weight is 315 g/mol. The van der Waals surface area contributed by atoms with Gasteiger partial charge in [0.15, 0.2) is 0 Å². The van der Waals surface area contributed by atoms with Gasteiger partial charge in [-0.25, -0.2) is 0 Å². The zero-order valence-electron chi connectivity index (χ0n) is 13.5. The minimum Gasteiger partial charge on any atom is -0.392 e. The van der Waals surface area contributed by atoms with E-state index in [9.17, 15) is 5.11 Å². The number of benzene rings is 2. The number of rotatable bonds is 7. The van der Waals surface area contributed by atoms with Crippen LogP contribution in [-0.4, -0.2) is 10.4 Å². The summed E-state index contributed by atoms with van der Waals surface area (Å²) < 4.78 is 0. The second-order valence-electron chi connectivity index (χ2n) is 5.77. The molecule has 0 fully saturated rings. The van der Waals surface area contributed by atoms with Gasteiger partial charge in [-0.1, -0.05) is 50.2 Å². The quantitative estimate of drug-likeness (QED) is 0.736. The SMILES string of the molecule is CC(C)Sc1ccc(C(C)NCc2ccccc2CO)cc1. The van der Waals surface area contributed by atoms with E-state index in [-0.39, 0.29) is 12.6 Å². The lowest BCUT2D eigenvalue weighted by Gasteiger charge is -2.16. The van der Waals surface area contributed by atoms with Crippen LogP contribution in [0.1, 0.15) is 43.5 Å². The Bertz CT molecular complexity index is 580. The van der Waals surface area contributed by atoms with Crippen molar-refractivity contribution < 1.29 is 5.11 Å². The van der Waals surface area contributed by atoms with Crippen LogP contribution in [0, 0.1) is 0 Å². The third-order valence-electron chi connectivity index (χ3n) is 3.64. The molecular weight excluding hydrogens is 290 g/mol. The van der Waals surface area contributed by atoms with Crippen LogP contribution in [0.4, 0.5) is 0 Å². The summed E-state index contributed by atoms with van der Waals surface area (Å²) in [5.74, 6) is 0. The molecule has 0 aliphatic heterocycles. The molecule has 22 heavy (non-hydrogen) atoms. The van der Waals surface area contributed by atoms with Gasteiger partial charge in [0.1, 0.15) is 0 Å². The predicted molar refractivity (Wildman–Crippen MR) is 95.1 cm³/mol. The molecule has 3 heteroatoms. The van der Waals surface area contributed by atoms with Crippen LogP contribution in [0.3, 0.4) is 0 Å². The van der Waals surface area contributed by atoms with Crippen LogP contribution < -0.4 is 5.32 Å². The van der Waals surface area contributed by atoms with Crippen molar-refractivity contribution in [2.24, 2.45) is 0 Å². The van der Waals surface area contributed by atoms with Crippen molar-refractivity contribution in [1.29, 1.82) is 0 Å². The van der Waals surface area contributed by atoms with E-state index in [1.807, 2.05) is 30.0 Å². The van der Waals surface area contributed by atoms with Crippen molar-refractivity contribution >= 4 is 11.8 Å². The Morgan fingerprint density at radius 2 is 1.59 bits per heavy atom. The second kappa shape index (κ2) is 8.37. The molecule has 0 radical (unpaired) electrons. The van der Waals surface area contributed by atoms with Crippen LogP contribution in [0.25, 0.3) is 0 Å². The average Bonchev–Trinajstić information content (AvgIpc) is 2.53. The predicted octanol–water partition coefficient (Wildman–Crippen LogP) is 4.53. The second-order valence-corrected chi connectivity index (χ2v) is 7.41. The number of nitrogens with one attached hydrogen (secondary N) is 1. The van der Waals surface area contributed by atoms with E-state index in [1.165, 1.54) is 10.5 Å². The van der Waals surface area contributed by atoms with Gasteiger partial charge in [-0.15, -0.1) is 11.8 Å². The van der Waals surface area contributed by atoms with Gasteiger partial charge in [-0.3, -0.25) is 0 Å². The Hall–Kier alpha value is -1.29. The summed E-state index contributed by atoms with van der Waals surface area (Å²) in [5.41, 5.74) is 3.43. The molecular formula is C19H25NOS. The lowest BCUT2D eigenvalue weighted by molar-refractivity contribution is 0.280. The van der Waals surface area contributed by atoms with Gasteiger partial charge in [0.25, 0.3) is 0 Å². The molecule has 0 heterocycles. The summed E-state index contributed by atoms with van der Waals surface area (Å²) in [6.45, 7) is 7.45. The first kappa shape index (κ1) is 17.1. The van der Waals surface area contributed by atoms with Gasteiger partial charge in [0.2, 0.25) is 0 Å². The van der Waals surface area contributed by atoms with Crippen LogP contribution in [-0.2, 0) is 13.2 Å². The first-order chi connectivity index (χ1) is 10.6. The highest BCUT2D eigenvalue weighted by Gasteiger charge is 2.07. The first-order valence-corrected chi connectivity index (χ1v) is 8.65. The summed E-state index contributed by atoms with van der Waals surface area (Å²) in [5, 5.41) is 13.5. The maximum Gasteiger partial charge on any atom is 0.0685 e. The normalized spacial score (nSPS) is 12.6. The molecule has 1 atom stereocenters. The maximum absolute atomic E-state index is 9.37. The summed E-state index contributed by atoms with van der Waals surface area (Å²) in [6, 6.07) is 17.1. The molecule has 0 aromatic heterocycles. The Morgan fingerprint density at radius 3 is 2.18 bits per heavy atom. The van der Waals surface area contributed by atoms with E-state index < -0.39 is 0 Å². The molecule has 118 valence electrons. The number of thioether (sulfide) groups is 1. The van der Waals surface area contributed by atoms with Crippen molar-refractivity contribution in [3.8, 4) is 0 Å². The van der Waals surface area contributed by atoms with Crippen molar-refractivity contribution in [2.75, 3.05) is 0 Å². The number of aliphatic hydroxyl groups excluding tert-OH is 1. The molecule has 2 aromatic rings. The fourth-order valence-electron chi connectivity index (χ4n) is 2.37. The molecule has 2 aromatic carbocycles. The molecule has 0 saturated carbocycles. The lowest BCUT2D eigenvalue weighted by Crippen LogP contribution is -2.18. The van der Waals surface area contributed by atoms with Crippen LogP contribution >= 0.6 is 11.8 Å². The largest absolute Gasteiger partial charge is 0.392 e. The number of hydrogen-bond donors (Lipinski definition) is 2. The third-order valence-corrected chi connectivity index (χ3v) is 4.66. The summed E-state index contributed by atoms with van der Waals surface area (Å²) >= 11 is 1.89. The van der Waals surface area contributed by atoms with E-state index in [4.69, 9.17) is 0 Å². The summed E-state index contributed by atoms with van der Waals surface area (Å²) in [6.07, 6.45) is 0. The summed E-state index contributed by atoms with van der Waals surface area (Å²) in [4.78, 5) is 1.32. The first-order valence-electron chi connectivity index (χ1n) is 7.77. The van der Waals surface area contributed by atoms with E-state index in [1.54, 1.807) is 0 Å². The lowest BCUT2D eigenvalue weighted by atomic mass is 10.1. The van der Waals surface area contributed by atoms with Crippen molar-refractivity contribution in [2.45, 2.75) is 50.1 Å². The van der Waals surface area contributed by atoms with Crippen molar-refractivity contribution in [3.63, 3.8) is 0 Å². The minimum atomic E-state index is 0.0906. The molecule has 0 bridgehead atoms. The monoisotopic (exact) mass is 315 g/mol. The zero-order valence-corrected chi connectivity index (χ0v) is 14.4. The molecule has 0 saturated heterocycles. The Labute approximate surface area is 138 Å². The van der Waals surface area contributed by atoms with Gasteiger partial charge in [0.05, 0.1) is 6.61 Å². The number of hydrogen-bond acceptors (Lipinski definition) is 3. The van der Waals surface area contributed by atoms with E-state index >= 15 is 0 Å². The Balaban J connectivity index is 1.95. The van der Waals surface area contributed by atoms with E-state index in [0.29, 0.717) is 5.25 Å². The standard InChI is InChI=1S/C19H25NOS/c1-14(2)22-19-10-8-16(9-11-19)15(3)20-12-17-6-4-5-7-18(17)13-21/h4-11,14-15,20-21H,12-13H2,1-3H3. The van der Waals surface area contributed by atoms with Gasteiger partial charge in [-0.2, -0.15) is 0 Å². The highest BCUT2D eigenvalue weighted by Crippen LogP contribution is 2.24. The highest BCUT2D eigenvalue weighted by atomic mass is 32.2. The topological polar surface area (TPSA) is 32.3 Å².